The van der Waals surface area contributed by atoms with E-state index in [1.165, 1.54) is 24.8 Å². The van der Waals surface area contributed by atoms with Crippen LogP contribution < -0.4 is 10.3 Å². The number of aromatic amines is 1. The van der Waals surface area contributed by atoms with Crippen LogP contribution in [0.2, 0.25) is 0 Å². The minimum Gasteiger partial charge on any atom is -0.497 e. The summed E-state index contributed by atoms with van der Waals surface area (Å²) in [5, 5.41) is 0.613. The second-order valence-electron chi connectivity index (χ2n) is 5.89. The first-order valence-corrected chi connectivity index (χ1v) is 7.43. The fraction of sp³-hybridized carbons (Fsp3) is 0.167. The number of pyridine rings is 1. The Hall–Kier alpha value is -3.15. The Balaban J connectivity index is 2.13. The first-order valence-electron chi connectivity index (χ1n) is 7.43. The molecule has 2 heterocycles. The summed E-state index contributed by atoms with van der Waals surface area (Å²) in [5.41, 5.74) is 1.86. The van der Waals surface area contributed by atoms with Gasteiger partial charge in [0, 0.05) is 24.0 Å². The molecule has 120 valence electrons. The number of aryl methyl sites for hydroxylation is 1. The SMILES string of the molecule is COc1ccc2[nH]c3c(c2c1)C(=O)c1c(c(C)cc(=O)n1C)C3=O. The molecule has 1 aliphatic carbocycles. The van der Waals surface area contributed by atoms with Crippen molar-refractivity contribution in [3.63, 3.8) is 0 Å². The molecule has 2 aromatic heterocycles. The number of ketones is 2. The van der Waals surface area contributed by atoms with Crippen molar-refractivity contribution in [2.75, 3.05) is 7.11 Å². The fourth-order valence-corrected chi connectivity index (χ4v) is 3.32. The molecule has 3 aromatic rings. The number of nitrogens with one attached hydrogen (secondary N) is 1. The molecule has 0 spiro atoms. The first kappa shape index (κ1) is 14.4. The highest BCUT2D eigenvalue weighted by molar-refractivity contribution is 6.31. The van der Waals surface area contributed by atoms with Gasteiger partial charge >= 0.3 is 0 Å². The molecule has 0 amide bonds. The minimum absolute atomic E-state index is 0.140. The lowest BCUT2D eigenvalue weighted by molar-refractivity contribution is 0.0970. The summed E-state index contributed by atoms with van der Waals surface area (Å²) in [6.07, 6.45) is 0. The molecule has 1 aliphatic rings. The quantitative estimate of drug-likeness (QED) is 0.581. The van der Waals surface area contributed by atoms with Crippen LogP contribution in [0.25, 0.3) is 10.9 Å². The zero-order valence-corrected chi connectivity index (χ0v) is 13.4. The van der Waals surface area contributed by atoms with Gasteiger partial charge in [0.1, 0.15) is 11.4 Å². The number of benzene rings is 1. The monoisotopic (exact) mass is 322 g/mol. The normalized spacial score (nSPS) is 13.1. The van der Waals surface area contributed by atoms with Crippen LogP contribution in [0.1, 0.15) is 37.7 Å². The number of ether oxygens (including phenoxy) is 1. The van der Waals surface area contributed by atoms with Crippen LogP contribution in [-0.2, 0) is 7.05 Å². The Morgan fingerprint density at radius 3 is 2.50 bits per heavy atom. The predicted octanol–water partition coefficient (Wildman–Crippen LogP) is 1.96. The Morgan fingerprint density at radius 2 is 1.79 bits per heavy atom. The number of carbonyl (C=O) groups excluding carboxylic acids is 2. The van der Waals surface area contributed by atoms with Crippen LogP contribution in [0.5, 0.6) is 5.75 Å². The number of hydrogen-bond acceptors (Lipinski definition) is 4. The van der Waals surface area contributed by atoms with Gasteiger partial charge in [-0.2, -0.15) is 0 Å². The number of aromatic nitrogens is 2. The number of H-pyrrole nitrogens is 1. The number of nitrogens with zero attached hydrogens (tertiary/aromatic N) is 1. The third-order valence-electron chi connectivity index (χ3n) is 4.54. The number of carbonyl (C=O) groups is 2. The van der Waals surface area contributed by atoms with E-state index < -0.39 is 0 Å². The van der Waals surface area contributed by atoms with Crippen LogP contribution in [0.15, 0.2) is 29.1 Å². The second-order valence-corrected chi connectivity index (χ2v) is 5.89. The third-order valence-corrected chi connectivity index (χ3v) is 4.54. The summed E-state index contributed by atoms with van der Waals surface area (Å²) in [5.74, 6) is -0.0150. The Morgan fingerprint density at radius 1 is 1.04 bits per heavy atom. The topological polar surface area (TPSA) is 81.2 Å². The average Bonchev–Trinajstić information content (AvgIpc) is 2.95. The van der Waals surface area contributed by atoms with E-state index in [4.69, 9.17) is 4.74 Å². The van der Waals surface area contributed by atoms with Gasteiger partial charge in [-0.1, -0.05) is 0 Å². The van der Waals surface area contributed by atoms with E-state index in [0.717, 1.165) is 0 Å². The molecule has 0 bridgehead atoms. The van der Waals surface area contributed by atoms with E-state index in [1.54, 1.807) is 25.1 Å². The van der Waals surface area contributed by atoms with Gasteiger partial charge in [0.15, 0.2) is 0 Å². The number of rotatable bonds is 1. The molecule has 6 heteroatoms. The van der Waals surface area contributed by atoms with Crippen LogP contribution in [-0.4, -0.2) is 28.2 Å². The van der Waals surface area contributed by atoms with Gasteiger partial charge in [-0.3, -0.25) is 14.4 Å². The van der Waals surface area contributed by atoms with Gasteiger partial charge in [-0.05, 0) is 30.7 Å². The molecule has 0 fully saturated rings. The van der Waals surface area contributed by atoms with E-state index >= 15 is 0 Å². The molecule has 0 unspecified atom stereocenters. The van der Waals surface area contributed by atoms with Crippen LogP contribution >= 0.6 is 0 Å². The standard InChI is InChI=1S/C18H14N2O4/c1-8-6-12(21)20(2)16-13(8)17(22)15-14(18(16)23)10-7-9(24-3)4-5-11(10)19-15/h4-7,19H,1-3H3. The Labute approximate surface area is 136 Å². The summed E-state index contributed by atoms with van der Waals surface area (Å²) >= 11 is 0. The largest absolute Gasteiger partial charge is 0.497 e. The maximum atomic E-state index is 13.1. The molecule has 0 saturated carbocycles. The average molecular weight is 322 g/mol. The van der Waals surface area contributed by atoms with Crippen molar-refractivity contribution in [2.24, 2.45) is 7.05 Å². The molecule has 0 atom stereocenters. The van der Waals surface area contributed by atoms with E-state index in [2.05, 4.69) is 4.98 Å². The number of fused-ring (bicyclic) bond motifs is 4. The van der Waals surface area contributed by atoms with Crippen LogP contribution in [0.4, 0.5) is 0 Å². The lowest BCUT2D eigenvalue weighted by Gasteiger charge is -2.19. The van der Waals surface area contributed by atoms with Gasteiger partial charge in [-0.15, -0.1) is 0 Å². The molecule has 0 saturated heterocycles. The highest BCUT2D eigenvalue weighted by atomic mass is 16.5. The lowest BCUT2D eigenvalue weighted by Crippen LogP contribution is -2.31. The molecule has 1 N–H and O–H groups in total. The highest BCUT2D eigenvalue weighted by Crippen LogP contribution is 2.34. The van der Waals surface area contributed by atoms with E-state index in [-0.39, 0.29) is 34.1 Å². The first-order chi connectivity index (χ1) is 11.4. The summed E-state index contributed by atoms with van der Waals surface area (Å²) in [6, 6.07) is 6.62. The summed E-state index contributed by atoms with van der Waals surface area (Å²) in [6.45, 7) is 1.67. The lowest BCUT2D eigenvalue weighted by atomic mass is 9.87. The zero-order chi connectivity index (χ0) is 17.2. The van der Waals surface area contributed by atoms with Gasteiger partial charge in [0.05, 0.1) is 23.9 Å². The second kappa shape index (κ2) is 4.67. The molecule has 24 heavy (non-hydrogen) atoms. The molecular weight excluding hydrogens is 308 g/mol. The van der Waals surface area contributed by atoms with E-state index in [9.17, 15) is 14.4 Å². The molecular formula is C18H14N2O4. The van der Waals surface area contributed by atoms with Crippen molar-refractivity contribution in [1.82, 2.24) is 9.55 Å². The maximum absolute atomic E-state index is 13.1. The van der Waals surface area contributed by atoms with E-state index in [0.29, 0.717) is 27.8 Å². The molecule has 4 rings (SSSR count). The maximum Gasteiger partial charge on any atom is 0.251 e. The molecule has 6 nitrogen and oxygen atoms in total. The van der Waals surface area contributed by atoms with Gasteiger partial charge in [-0.25, -0.2) is 0 Å². The molecule has 1 aromatic carbocycles. The predicted molar refractivity (Wildman–Crippen MR) is 88.1 cm³/mol. The van der Waals surface area contributed by atoms with Crippen molar-refractivity contribution in [3.05, 3.63) is 62.7 Å². The summed E-state index contributed by atoms with van der Waals surface area (Å²) in [4.78, 5) is 41.1. The molecule has 0 radical (unpaired) electrons. The van der Waals surface area contributed by atoms with Crippen molar-refractivity contribution < 1.29 is 14.3 Å². The minimum atomic E-state index is -0.331. The summed E-state index contributed by atoms with van der Waals surface area (Å²) < 4.78 is 6.45. The van der Waals surface area contributed by atoms with Crippen molar-refractivity contribution in [1.29, 1.82) is 0 Å². The van der Waals surface area contributed by atoms with Gasteiger partial charge in [0.2, 0.25) is 11.6 Å². The zero-order valence-electron chi connectivity index (χ0n) is 13.4. The third kappa shape index (κ3) is 1.68. The van der Waals surface area contributed by atoms with Crippen molar-refractivity contribution in [2.45, 2.75) is 6.92 Å². The molecule has 0 aliphatic heterocycles. The summed E-state index contributed by atoms with van der Waals surface area (Å²) in [7, 11) is 3.04. The fourth-order valence-electron chi connectivity index (χ4n) is 3.32. The number of methoxy groups -OCH3 is 1. The van der Waals surface area contributed by atoms with Crippen molar-refractivity contribution >= 4 is 22.5 Å². The number of hydrogen-bond donors (Lipinski definition) is 1. The van der Waals surface area contributed by atoms with Gasteiger partial charge in [0.25, 0.3) is 5.56 Å². The Kier molecular flexibility index (Phi) is 2.81. The Bertz CT molecular complexity index is 1120. The van der Waals surface area contributed by atoms with Crippen molar-refractivity contribution in [3.8, 4) is 5.75 Å². The van der Waals surface area contributed by atoms with Crippen LogP contribution in [0, 0.1) is 6.92 Å². The van der Waals surface area contributed by atoms with Gasteiger partial charge < -0.3 is 14.3 Å². The highest BCUT2D eigenvalue weighted by Gasteiger charge is 2.36. The smallest absolute Gasteiger partial charge is 0.251 e. The van der Waals surface area contributed by atoms with E-state index in [1.807, 2.05) is 0 Å². The van der Waals surface area contributed by atoms with Crippen LogP contribution in [0.3, 0.4) is 0 Å².